The molecule has 1 heterocycles. The van der Waals surface area contributed by atoms with Crippen molar-refractivity contribution in [3.05, 3.63) is 41.4 Å². The Kier molecular flexibility index (Phi) is 5.54. The molecule has 118 valence electrons. The monoisotopic (exact) mass is 320 g/mol. The molecule has 0 aromatic heterocycles. The highest BCUT2D eigenvalue weighted by atomic mass is 35.5. The van der Waals surface area contributed by atoms with Gasteiger partial charge in [-0.25, -0.2) is 0 Å². The Morgan fingerprint density at radius 2 is 1.86 bits per heavy atom. The number of rotatable bonds is 6. The van der Waals surface area contributed by atoms with E-state index in [1.807, 2.05) is 24.3 Å². The van der Waals surface area contributed by atoms with Gasteiger partial charge in [0.1, 0.15) is 18.8 Å². The van der Waals surface area contributed by atoms with E-state index in [1.165, 1.54) is 13.0 Å². The molecule has 1 aliphatic heterocycles. The molecule has 3 rings (SSSR count). The molecule has 1 fully saturated rings. The van der Waals surface area contributed by atoms with Gasteiger partial charge in [-0.2, -0.15) is 0 Å². The predicted molar refractivity (Wildman–Crippen MR) is 90.1 cm³/mol. The van der Waals surface area contributed by atoms with E-state index >= 15 is 0 Å². The zero-order valence-corrected chi connectivity index (χ0v) is 13.6. The van der Waals surface area contributed by atoms with E-state index in [0.717, 1.165) is 60.9 Å². The molecule has 0 unspecified atom stereocenters. The fourth-order valence-electron chi connectivity index (χ4n) is 2.89. The largest absolute Gasteiger partial charge is 0.492 e. The van der Waals surface area contributed by atoms with Crippen LogP contribution >= 0.6 is 11.6 Å². The molecule has 0 spiro atoms. The molecule has 22 heavy (non-hydrogen) atoms. The number of ether oxygens (including phenoxy) is 2. The Labute approximate surface area is 136 Å². The molecular formula is C18H23ClNO2+. The molecule has 1 aliphatic rings. The molecule has 0 amide bonds. The van der Waals surface area contributed by atoms with Crippen LogP contribution in [0.5, 0.6) is 5.75 Å². The average molecular weight is 321 g/mol. The van der Waals surface area contributed by atoms with E-state index in [2.05, 4.69) is 12.1 Å². The first-order valence-corrected chi connectivity index (χ1v) is 8.44. The van der Waals surface area contributed by atoms with Crippen molar-refractivity contribution in [2.24, 2.45) is 0 Å². The summed E-state index contributed by atoms with van der Waals surface area (Å²) in [4.78, 5) is 1.65. The summed E-state index contributed by atoms with van der Waals surface area (Å²) in [6.45, 7) is 6.01. The van der Waals surface area contributed by atoms with Crippen molar-refractivity contribution in [3.63, 3.8) is 0 Å². The molecular weight excluding hydrogens is 298 g/mol. The van der Waals surface area contributed by atoms with Crippen molar-refractivity contribution in [1.29, 1.82) is 0 Å². The minimum atomic E-state index is 0.719. The van der Waals surface area contributed by atoms with Gasteiger partial charge in [0.15, 0.2) is 0 Å². The highest BCUT2D eigenvalue weighted by Crippen LogP contribution is 2.32. The first kappa shape index (κ1) is 15.6. The van der Waals surface area contributed by atoms with Gasteiger partial charge in [0, 0.05) is 5.39 Å². The van der Waals surface area contributed by atoms with Crippen LogP contribution in [0.1, 0.15) is 12.8 Å². The Morgan fingerprint density at radius 3 is 2.73 bits per heavy atom. The lowest BCUT2D eigenvalue weighted by molar-refractivity contribution is -0.908. The minimum Gasteiger partial charge on any atom is -0.492 e. The van der Waals surface area contributed by atoms with Crippen LogP contribution in [0, 0.1) is 0 Å². The van der Waals surface area contributed by atoms with Crippen molar-refractivity contribution < 1.29 is 14.4 Å². The van der Waals surface area contributed by atoms with Gasteiger partial charge in [0.25, 0.3) is 0 Å². The number of hydrogen-bond donors (Lipinski definition) is 1. The molecule has 4 heteroatoms. The van der Waals surface area contributed by atoms with Crippen LogP contribution in [0.15, 0.2) is 36.4 Å². The summed E-state index contributed by atoms with van der Waals surface area (Å²) in [6.07, 6.45) is 2.24. The van der Waals surface area contributed by atoms with Gasteiger partial charge in [-0.1, -0.05) is 41.9 Å². The molecule has 2 aromatic carbocycles. The molecule has 0 saturated carbocycles. The number of benzene rings is 2. The van der Waals surface area contributed by atoms with Crippen LogP contribution < -0.4 is 9.64 Å². The Hall–Kier alpha value is -1.29. The predicted octanol–water partition coefficient (Wildman–Crippen LogP) is 2.57. The quantitative estimate of drug-likeness (QED) is 0.827. The van der Waals surface area contributed by atoms with E-state index in [4.69, 9.17) is 21.1 Å². The molecule has 0 radical (unpaired) electrons. The molecule has 0 aliphatic carbocycles. The summed E-state index contributed by atoms with van der Waals surface area (Å²) < 4.78 is 11.2. The highest BCUT2D eigenvalue weighted by molar-refractivity contribution is 6.37. The Bertz CT molecular complexity index is 611. The van der Waals surface area contributed by atoms with E-state index in [0.29, 0.717) is 0 Å². The van der Waals surface area contributed by atoms with E-state index in [1.54, 1.807) is 4.90 Å². The third-order valence-electron chi connectivity index (χ3n) is 4.21. The summed E-state index contributed by atoms with van der Waals surface area (Å²) in [6, 6.07) is 12.2. The van der Waals surface area contributed by atoms with Crippen LogP contribution in [-0.2, 0) is 4.74 Å². The Morgan fingerprint density at radius 1 is 1.05 bits per heavy atom. The van der Waals surface area contributed by atoms with Crippen molar-refractivity contribution in [2.75, 3.05) is 39.5 Å². The Balaban J connectivity index is 1.46. The molecule has 1 N–H and O–H groups in total. The zero-order valence-electron chi connectivity index (χ0n) is 12.8. The van der Waals surface area contributed by atoms with Gasteiger partial charge in [-0.3, -0.25) is 0 Å². The van der Waals surface area contributed by atoms with Crippen LogP contribution in [0.3, 0.4) is 0 Å². The lowest BCUT2D eigenvalue weighted by atomic mass is 10.1. The van der Waals surface area contributed by atoms with Crippen LogP contribution in [0.4, 0.5) is 0 Å². The van der Waals surface area contributed by atoms with Crippen LogP contribution in [-0.4, -0.2) is 39.5 Å². The smallest absolute Gasteiger partial charge is 0.138 e. The normalized spacial score (nSPS) is 16.0. The molecule has 1 saturated heterocycles. The first-order valence-electron chi connectivity index (χ1n) is 8.06. The average Bonchev–Trinajstić information content (AvgIpc) is 2.58. The number of fused-ring (bicyclic) bond motifs is 1. The fraction of sp³-hybridized carbons (Fsp3) is 0.444. The molecule has 0 atom stereocenters. The maximum Gasteiger partial charge on any atom is 0.138 e. The minimum absolute atomic E-state index is 0.719. The van der Waals surface area contributed by atoms with Gasteiger partial charge in [0.2, 0.25) is 0 Å². The number of morpholine rings is 1. The summed E-state index contributed by atoms with van der Waals surface area (Å²) >= 11 is 6.43. The number of quaternary nitrogens is 1. The van der Waals surface area contributed by atoms with Gasteiger partial charge < -0.3 is 14.4 Å². The first-order chi connectivity index (χ1) is 10.8. The number of hydrogen-bond acceptors (Lipinski definition) is 2. The third kappa shape index (κ3) is 3.92. The molecule has 3 nitrogen and oxygen atoms in total. The summed E-state index contributed by atoms with van der Waals surface area (Å²) in [7, 11) is 0. The topological polar surface area (TPSA) is 22.9 Å². The second-order valence-corrected chi connectivity index (χ2v) is 6.14. The summed E-state index contributed by atoms with van der Waals surface area (Å²) in [5.41, 5.74) is 0. The van der Waals surface area contributed by atoms with E-state index in [-0.39, 0.29) is 0 Å². The van der Waals surface area contributed by atoms with Crippen LogP contribution in [0.2, 0.25) is 5.02 Å². The fourth-order valence-corrected chi connectivity index (χ4v) is 3.18. The lowest BCUT2D eigenvalue weighted by Crippen LogP contribution is -3.14. The number of unbranched alkanes of at least 4 members (excludes halogenated alkanes) is 1. The zero-order chi connectivity index (χ0) is 15.2. The number of nitrogens with one attached hydrogen (secondary N) is 1. The summed E-state index contributed by atoms with van der Waals surface area (Å²) in [5, 5.41) is 2.92. The third-order valence-corrected chi connectivity index (χ3v) is 4.60. The maximum atomic E-state index is 6.43. The maximum absolute atomic E-state index is 6.43. The summed E-state index contributed by atoms with van der Waals surface area (Å²) in [5.74, 6) is 0.791. The van der Waals surface area contributed by atoms with E-state index < -0.39 is 0 Å². The lowest BCUT2D eigenvalue weighted by Gasteiger charge is -2.23. The second kappa shape index (κ2) is 7.82. The second-order valence-electron chi connectivity index (χ2n) is 5.77. The SMILES string of the molecule is Clc1c(OCCCC[NH+]2CCOCC2)ccc2ccccc12. The van der Waals surface area contributed by atoms with Crippen molar-refractivity contribution in [3.8, 4) is 5.75 Å². The van der Waals surface area contributed by atoms with Crippen molar-refractivity contribution in [2.45, 2.75) is 12.8 Å². The van der Waals surface area contributed by atoms with Gasteiger partial charge in [-0.15, -0.1) is 0 Å². The van der Waals surface area contributed by atoms with Crippen molar-refractivity contribution in [1.82, 2.24) is 0 Å². The molecule has 0 bridgehead atoms. The van der Waals surface area contributed by atoms with Gasteiger partial charge in [-0.05, 0) is 24.3 Å². The van der Waals surface area contributed by atoms with Crippen molar-refractivity contribution >= 4 is 22.4 Å². The van der Waals surface area contributed by atoms with E-state index in [9.17, 15) is 0 Å². The molecule has 2 aromatic rings. The highest BCUT2D eigenvalue weighted by Gasteiger charge is 2.12. The standard InChI is InChI=1S/C18H22ClNO2/c19-18-16-6-2-1-5-15(16)7-8-17(18)22-12-4-3-9-20-10-13-21-14-11-20/h1-2,5-8H,3-4,9-14H2/p+1. The van der Waals surface area contributed by atoms with Gasteiger partial charge >= 0.3 is 0 Å². The van der Waals surface area contributed by atoms with Crippen LogP contribution in [0.25, 0.3) is 10.8 Å². The number of halogens is 1. The van der Waals surface area contributed by atoms with Gasteiger partial charge in [0.05, 0.1) is 31.4 Å².